The van der Waals surface area contributed by atoms with Gasteiger partial charge in [-0.15, -0.1) is 18.3 Å². The van der Waals surface area contributed by atoms with E-state index in [0.29, 0.717) is 12.0 Å². The number of aryl methyl sites for hydroxylation is 1. The molecule has 1 saturated carbocycles. The number of thioether (sulfide) groups is 1. The number of ether oxygens (including phenoxy) is 1. The van der Waals surface area contributed by atoms with Crippen molar-refractivity contribution in [3.8, 4) is 5.75 Å². The number of dihydropyridines is 2. The standard InChI is InChI=1S/C34H46N4O2S/c1-5-6-9-23(2)10-7-8-11-25-12-17-31(36-22-25)34(4)21-28-32(41-34)30(18-19-35-28)40-29-16-15-27(20-24(29)3)38-33(39)37-26-13-14-26/h5,12,15-17,20,23,25-26H,1,6-11,13-14,18-19,21-22H2,2-4H3,(H2,37,38,39). The maximum atomic E-state index is 12.1. The second kappa shape index (κ2) is 13.5. The zero-order chi connectivity index (χ0) is 28.8. The molecule has 1 aromatic rings. The summed E-state index contributed by atoms with van der Waals surface area (Å²) in [5.41, 5.74) is 4.10. The smallest absolute Gasteiger partial charge is 0.319 e. The van der Waals surface area contributed by atoms with E-state index in [1.54, 1.807) is 0 Å². The third-order valence-electron chi connectivity index (χ3n) is 8.52. The highest BCUT2D eigenvalue weighted by molar-refractivity contribution is 8.06. The van der Waals surface area contributed by atoms with Gasteiger partial charge in [0.15, 0.2) is 0 Å². The van der Waals surface area contributed by atoms with Crippen LogP contribution in [0, 0.1) is 18.8 Å². The molecule has 1 aliphatic carbocycles. The van der Waals surface area contributed by atoms with Gasteiger partial charge in [-0.2, -0.15) is 0 Å². The molecule has 41 heavy (non-hydrogen) atoms. The Balaban J connectivity index is 1.16. The summed E-state index contributed by atoms with van der Waals surface area (Å²) in [5, 5.41) is 5.90. The van der Waals surface area contributed by atoms with Crippen molar-refractivity contribution in [3.05, 3.63) is 59.2 Å². The first-order valence-corrected chi connectivity index (χ1v) is 16.3. The lowest BCUT2D eigenvalue weighted by Crippen LogP contribution is -2.30. The normalized spacial score (nSPS) is 24.3. The molecule has 2 N–H and O–H groups in total. The molecular weight excluding hydrogens is 528 g/mol. The first-order chi connectivity index (χ1) is 19.8. The highest BCUT2D eigenvalue weighted by atomic mass is 32.2. The van der Waals surface area contributed by atoms with Crippen molar-refractivity contribution >= 4 is 34.9 Å². The minimum absolute atomic E-state index is 0.118. The fourth-order valence-corrected chi connectivity index (χ4v) is 7.21. The summed E-state index contributed by atoms with van der Waals surface area (Å²) >= 11 is 1.86. The minimum Gasteiger partial charge on any atom is -0.460 e. The molecule has 3 atom stereocenters. The molecule has 0 radical (unpaired) electrons. The van der Waals surface area contributed by atoms with E-state index < -0.39 is 0 Å². The number of benzene rings is 1. The van der Waals surface area contributed by atoms with Gasteiger partial charge in [-0.1, -0.05) is 38.3 Å². The number of hydrogen-bond donors (Lipinski definition) is 2. The number of nitrogens with zero attached hydrogens (tertiary/aromatic N) is 2. The Hall–Kier alpha value is -2.80. The van der Waals surface area contributed by atoms with Gasteiger partial charge in [0.25, 0.3) is 0 Å². The van der Waals surface area contributed by atoms with Crippen molar-refractivity contribution in [2.75, 3.05) is 18.4 Å². The number of unbranched alkanes of at least 4 members (excludes halogenated alkanes) is 1. The molecular formula is C34H46N4O2S. The number of fused-ring (bicyclic) bond motifs is 1. The van der Waals surface area contributed by atoms with E-state index in [1.807, 2.05) is 43.0 Å². The number of rotatable bonds is 13. The molecule has 6 nitrogen and oxygen atoms in total. The van der Waals surface area contributed by atoms with Crippen LogP contribution in [0.1, 0.15) is 83.6 Å². The Morgan fingerprint density at radius 1 is 1.27 bits per heavy atom. The second-order valence-corrected chi connectivity index (χ2v) is 13.9. The largest absolute Gasteiger partial charge is 0.460 e. The van der Waals surface area contributed by atoms with E-state index in [1.165, 1.54) is 42.7 Å². The Labute approximate surface area is 250 Å². The maximum Gasteiger partial charge on any atom is 0.319 e. The van der Waals surface area contributed by atoms with E-state index >= 15 is 0 Å². The van der Waals surface area contributed by atoms with Crippen molar-refractivity contribution in [1.82, 2.24) is 5.32 Å². The summed E-state index contributed by atoms with van der Waals surface area (Å²) in [6.07, 6.45) is 18.0. The summed E-state index contributed by atoms with van der Waals surface area (Å²) in [6.45, 7) is 12.2. The number of hydrogen-bond acceptors (Lipinski definition) is 5. The Morgan fingerprint density at radius 3 is 2.85 bits per heavy atom. The molecule has 5 rings (SSSR count). The van der Waals surface area contributed by atoms with Gasteiger partial charge in [0, 0.05) is 37.7 Å². The first kappa shape index (κ1) is 29.7. The molecule has 0 spiro atoms. The van der Waals surface area contributed by atoms with Crippen LogP contribution in [0.2, 0.25) is 0 Å². The summed E-state index contributed by atoms with van der Waals surface area (Å²) in [6, 6.07) is 6.02. The monoisotopic (exact) mass is 574 g/mol. The summed E-state index contributed by atoms with van der Waals surface area (Å²) in [7, 11) is 0. The highest BCUT2D eigenvalue weighted by Gasteiger charge is 2.43. The van der Waals surface area contributed by atoms with Crippen molar-refractivity contribution in [2.24, 2.45) is 21.8 Å². The van der Waals surface area contributed by atoms with Crippen LogP contribution in [-0.2, 0) is 0 Å². The lowest BCUT2D eigenvalue weighted by Gasteiger charge is -2.26. The van der Waals surface area contributed by atoms with Crippen LogP contribution >= 0.6 is 11.8 Å². The fourth-order valence-electron chi connectivity index (χ4n) is 5.80. The van der Waals surface area contributed by atoms with Gasteiger partial charge in [0.1, 0.15) is 11.5 Å². The van der Waals surface area contributed by atoms with Crippen LogP contribution in [0.4, 0.5) is 10.5 Å². The molecule has 3 aliphatic heterocycles. The molecule has 3 heterocycles. The number of carbonyl (C=O) groups is 1. The van der Waals surface area contributed by atoms with Crippen LogP contribution in [0.15, 0.2) is 63.7 Å². The van der Waals surface area contributed by atoms with Gasteiger partial charge in [0.05, 0.1) is 21.1 Å². The SMILES string of the molecule is C=CCCC(C)CCCCC1C=CC(C2(C)CC3=NCCC(Oc4ccc(NC(=O)NC5CC5)cc4C)=C3S2)=NC1. The van der Waals surface area contributed by atoms with Gasteiger partial charge in [-0.05, 0) is 87.6 Å². The van der Waals surface area contributed by atoms with Crippen LogP contribution < -0.4 is 15.4 Å². The predicted octanol–water partition coefficient (Wildman–Crippen LogP) is 8.40. The lowest BCUT2D eigenvalue weighted by molar-refractivity contribution is 0.251. The van der Waals surface area contributed by atoms with Gasteiger partial charge >= 0.3 is 6.03 Å². The molecule has 0 aromatic heterocycles. The maximum absolute atomic E-state index is 12.1. The molecule has 7 heteroatoms. The number of anilines is 1. The van der Waals surface area contributed by atoms with E-state index in [2.05, 4.69) is 43.2 Å². The molecule has 1 aromatic carbocycles. The van der Waals surface area contributed by atoms with Crippen LogP contribution in [0.5, 0.6) is 5.75 Å². The van der Waals surface area contributed by atoms with E-state index in [-0.39, 0.29) is 10.8 Å². The van der Waals surface area contributed by atoms with Crippen molar-refractivity contribution in [3.63, 3.8) is 0 Å². The number of carbonyl (C=O) groups excluding carboxylic acids is 1. The first-order valence-electron chi connectivity index (χ1n) is 15.5. The van der Waals surface area contributed by atoms with E-state index in [4.69, 9.17) is 14.7 Å². The van der Waals surface area contributed by atoms with E-state index in [9.17, 15) is 4.79 Å². The summed E-state index contributed by atoms with van der Waals surface area (Å²) in [4.78, 5) is 23.3. The van der Waals surface area contributed by atoms with E-state index in [0.717, 1.165) is 79.6 Å². The van der Waals surface area contributed by atoms with Crippen LogP contribution in [0.3, 0.4) is 0 Å². The van der Waals surface area contributed by atoms with Gasteiger partial charge < -0.3 is 15.4 Å². The average molecular weight is 575 g/mol. The van der Waals surface area contributed by atoms with Crippen molar-refractivity contribution in [2.45, 2.75) is 95.8 Å². The van der Waals surface area contributed by atoms with Gasteiger partial charge in [0.2, 0.25) is 0 Å². The molecule has 0 bridgehead atoms. The molecule has 3 unspecified atom stereocenters. The highest BCUT2D eigenvalue weighted by Crippen LogP contribution is 2.49. The predicted molar refractivity (Wildman–Crippen MR) is 174 cm³/mol. The third-order valence-corrected chi connectivity index (χ3v) is 9.99. The number of aliphatic imine (C=N–C) groups is 2. The second-order valence-electron chi connectivity index (χ2n) is 12.4. The molecule has 2 amide bonds. The topological polar surface area (TPSA) is 75.1 Å². The average Bonchev–Trinajstić information content (AvgIpc) is 3.69. The van der Waals surface area contributed by atoms with Crippen LogP contribution in [0.25, 0.3) is 0 Å². The Bertz CT molecular complexity index is 1260. The van der Waals surface area contributed by atoms with Crippen molar-refractivity contribution < 1.29 is 9.53 Å². The Morgan fingerprint density at radius 2 is 2.12 bits per heavy atom. The number of urea groups is 1. The molecule has 4 aliphatic rings. The number of allylic oxidation sites excluding steroid dienone is 3. The third kappa shape index (κ3) is 7.94. The zero-order valence-electron chi connectivity index (χ0n) is 25.0. The van der Waals surface area contributed by atoms with Gasteiger partial charge in [-0.3, -0.25) is 9.98 Å². The molecule has 2 fully saturated rings. The summed E-state index contributed by atoms with van der Waals surface area (Å²) in [5.74, 6) is 3.16. The lowest BCUT2D eigenvalue weighted by atomic mass is 9.91. The molecule has 1 saturated heterocycles. The summed E-state index contributed by atoms with van der Waals surface area (Å²) < 4.78 is 6.39. The van der Waals surface area contributed by atoms with Gasteiger partial charge in [-0.25, -0.2) is 4.79 Å². The Kier molecular flexibility index (Phi) is 9.74. The fraction of sp³-hybridized carbons (Fsp3) is 0.559. The van der Waals surface area contributed by atoms with Crippen molar-refractivity contribution in [1.29, 1.82) is 0 Å². The quantitative estimate of drug-likeness (QED) is 0.183. The number of nitrogens with one attached hydrogen (secondary N) is 2. The minimum atomic E-state index is -0.143. The number of amides is 2. The molecule has 220 valence electrons. The van der Waals surface area contributed by atoms with Crippen LogP contribution in [-0.4, -0.2) is 41.3 Å². The zero-order valence-corrected chi connectivity index (χ0v) is 25.8.